The molecule has 0 saturated heterocycles. The van der Waals surface area contributed by atoms with Crippen LogP contribution < -0.4 is 5.73 Å². The summed E-state index contributed by atoms with van der Waals surface area (Å²) in [6.07, 6.45) is 1.34. The lowest BCUT2D eigenvalue weighted by Gasteiger charge is -2.14. The summed E-state index contributed by atoms with van der Waals surface area (Å²) >= 11 is 6.05. The number of benzene rings is 2. The van der Waals surface area contributed by atoms with Gasteiger partial charge in [-0.15, -0.1) is 0 Å². The summed E-state index contributed by atoms with van der Waals surface area (Å²) in [6, 6.07) is 12.5. The van der Waals surface area contributed by atoms with Crippen molar-refractivity contribution >= 4 is 11.6 Å². The lowest BCUT2D eigenvalue weighted by Crippen LogP contribution is -2.26. The van der Waals surface area contributed by atoms with Gasteiger partial charge in [-0.05, 0) is 54.7 Å². The van der Waals surface area contributed by atoms with E-state index in [1.165, 1.54) is 23.3 Å². The third-order valence-electron chi connectivity index (χ3n) is 3.23. The van der Waals surface area contributed by atoms with E-state index in [2.05, 4.69) is 19.1 Å². The Kier molecular flexibility index (Phi) is 4.56. The van der Waals surface area contributed by atoms with Gasteiger partial charge in [-0.1, -0.05) is 35.9 Å². The van der Waals surface area contributed by atoms with Crippen LogP contribution in [0.3, 0.4) is 0 Å². The molecule has 1 atom stereocenters. The summed E-state index contributed by atoms with van der Waals surface area (Å²) in [7, 11) is 0. The second-order valence-electron chi connectivity index (χ2n) is 4.83. The fourth-order valence-electron chi connectivity index (χ4n) is 2.18. The van der Waals surface area contributed by atoms with Gasteiger partial charge in [0.2, 0.25) is 0 Å². The average Bonchev–Trinajstić information content (AvgIpc) is 2.37. The molecule has 0 saturated carbocycles. The van der Waals surface area contributed by atoms with Gasteiger partial charge >= 0.3 is 0 Å². The number of aryl methyl sites for hydroxylation is 1. The molecule has 1 unspecified atom stereocenters. The number of halogens is 2. The van der Waals surface area contributed by atoms with Crippen LogP contribution in [0, 0.1) is 12.7 Å². The van der Waals surface area contributed by atoms with Crippen molar-refractivity contribution < 1.29 is 4.39 Å². The molecule has 0 aliphatic heterocycles. The molecule has 0 aliphatic rings. The fourth-order valence-corrected chi connectivity index (χ4v) is 2.37. The van der Waals surface area contributed by atoms with E-state index in [1.807, 2.05) is 12.1 Å². The Morgan fingerprint density at radius 1 is 1.11 bits per heavy atom. The van der Waals surface area contributed by atoms with Gasteiger partial charge in [-0.3, -0.25) is 0 Å². The van der Waals surface area contributed by atoms with Crippen LogP contribution >= 0.6 is 11.6 Å². The van der Waals surface area contributed by atoms with Crippen molar-refractivity contribution in [3.8, 4) is 0 Å². The number of nitrogens with two attached hydrogens (primary N) is 1. The first-order chi connectivity index (χ1) is 9.06. The SMILES string of the molecule is Cc1ccccc1CC(N)Cc1cc(F)ccc1Cl. The summed E-state index contributed by atoms with van der Waals surface area (Å²) in [5, 5.41) is 0.571. The van der Waals surface area contributed by atoms with E-state index in [-0.39, 0.29) is 11.9 Å². The topological polar surface area (TPSA) is 26.0 Å². The molecule has 0 aliphatic carbocycles. The van der Waals surface area contributed by atoms with Gasteiger partial charge in [0, 0.05) is 11.1 Å². The predicted molar refractivity (Wildman–Crippen MR) is 78.0 cm³/mol. The fraction of sp³-hybridized carbons (Fsp3) is 0.250. The van der Waals surface area contributed by atoms with Crippen molar-refractivity contribution in [1.29, 1.82) is 0 Å². The van der Waals surface area contributed by atoms with E-state index in [1.54, 1.807) is 6.07 Å². The van der Waals surface area contributed by atoms with Gasteiger partial charge < -0.3 is 5.73 Å². The van der Waals surface area contributed by atoms with E-state index >= 15 is 0 Å². The van der Waals surface area contributed by atoms with Crippen molar-refractivity contribution in [2.75, 3.05) is 0 Å². The average molecular weight is 278 g/mol. The first-order valence-electron chi connectivity index (χ1n) is 6.30. The van der Waals surface area contributed by atoms with Gasteiger partial charge in [-0.25, -0.2) is 4.39 Å². The highest BCUT2D eigenvalue weighted by Crippen LogP contribution is 2.19. The van der Waals surface area contributed by atoms with Gasteiger partial charge in [0.1, 0.15) is 5.82 Å². The number of rotatable bonds is 4. The number of hydrogen-bond donors (Lipinski definition) is 1. The van der Waals surface area contributed by atoms with Crippen LogP contribution in [0.25, 0.3) is 0 Å². The highest BCUT2D eigenvalue weighted by molar-refractivity contribution is 6.31. The molecule has 2 aromatic rings. The maximum atomic E-state index is 13.2. The minimum Gasteiger partial charge on any atom is -0.327 e. The standard InChI is InChI=1S/C16H17ClFN/c1-11-4-2-3-5-12(11)9-15(19)10-13-8-14(18)6-7-16(13)17/h2-8,15H,9-10,19H2,1H3. The molecule has 2 N–H and O–H groups in total. The first-order valence-corrected chi connectivity index (χ1v) is 6.68. The second-order valence-corrected chi connectivity index (χ2v) is 5.24. The summed E-state index contributed by atoms with van der Waals surface area (Å²) in [5.41, 5.74) is 9.36. The largest absolute Gasteiger partial charge is 0.327 e. The molecule has 0 bridgehead atoms. The van der Waals surface area contributed by atoms with E-state index < -0.39 is 0 Å². The smallest absolute Gasteiger partial charge is 0.123 e. The Bertz CT molecular complexity index is 568. The van der Waals surface area contributed by atoms with Crippen LogP contribution in [0.4, 0.5) is 4.39 Å². The van der Waals surface area contributed by atoms with E-state index in [0.717, 1.165) is 12.0 Å². The van der Waals surface area contributed by atoms with Crippen LogP contribution in [0.5, 0.6) is 0 Å². The van der Waals surface area contributed by atoms with Crippen LogP contribution in [-0.4, -0.2) is 6.04 Å². The molecule has 2 rings (SSSR count). The zero-order valence-electron chi connectivity index (χ0n) is 10.9. The quantitative estimate of drug-likeness (QED) is 0.901. The first kappa shape index (κ1) is 14.0. The van der Waals surface area contributed by atoms with Crippen LogP contribution in [-0.2, 0) is 12.8 Å². The molecule has 0 heterocycles. The number of hydrogen-bond acceptors (Lipinski definition) is 1. The third kappa shape index (κ3) is 3.79. The molecular formula is C16H17ClFN. The summed E-state index contributed by atoms with van der Waals surface area (Å²) in [5.74, 6) is -0.275. The third-order valence-corrected chi connectivity index (χ3v) is 3.60. The molecule has 0 radical (unpaired) electrons. The maximum Gasteiger partial charge on any atom is 0.123 e. The summed E-state index contributed by atoms with van der Waals surface area (Å²) in [4.78, 5) is 0. The van der Waals surface area contributed by atoms with Gasteiger partial charge in [0.15, 0.2) is 0 Å². The van der Waals surface area contributed by atoms with Crippen molar-refractivity contribution in [2.45, 2.75) is 25.8 Å². The Morgan fingerprint density at radius 2 is 1.79 bits per heavy atom. The molecule has 0 amide bonds. The predicted octanol–water partition coefficient (Wildman–Crippen LogP) is 3.90. The van der Waals surface area contributed by atoms with Crippen LogP contribution in [0.1, 0.15) is 16.7 Å². The second kappa shape index (κ2) is 6.18. The van der Waals surface area contributed by atoms with E-state index in [4.69, 9.17) is 17.3 Å². The molecule has 3 heteroatoms. The summed E-state index contributed by atoms with van der Waals surface area (Å²) < 4.78 is 13.2. The Labute approximate surface area is 118 Å². The zero-order valence-corrected chi connectivity index (χ0v) is 11.6. The zero-order chi connectivity index (χ0) is 13.8. The molecule has 0 fully saturated rings. The minimum atomic E-state index is -0.275. The molecular weight excluding hydrogens is 261 g/mol. The highest BCUT2D eigenvalue weighted by Gasteiger charge is 2.10. The normalized spacial score (nSPS) is 12.4. The minimum absolute atomic E-state index is 0.0691. The van der Waals surface area contributed by atoms with Crippen molar-refractivity contribution in [2.24, 2.45) is 5.73 Å². The van der Waals surface area contributed by atoms with Crippen molar-refractivity contribution in [1.82, 2.24) is 0 Å². The Morgan fingerprint density at radius 3 is 2.53 bits per heavy atom. The van der Waals surface area contributed by atoms with Crippen molar-refractivity contribution in [3.05, 3.63) is 70.0 Å². The molecule has 0 aromatic heterocycles. The maximum absolute atomic E-state index is 13.2. The Balaban J connectivity index is 2.07. The monoisotopic (exact) mass is 277 g/mol. The Hall–Kier alpha value is -1.38. The van der Waals surface area contributed by atoms with Gasteiger partial charge in [-0.2, -0.15) is 0 Å². The van der Waals surface area contributed by atoms with Crippen LogP contribution in [0.15, 0.2) is 42.5 Å². The van der Waals surface area contributed by atoms with Gasteiger partial charge in [0.05, 0.1) is 0 Å². The van der Waals surface area contributed by atoms with Crippen LogP contribution in [0.2, 0.25) is 5.02 Å². The van der Waals surface area contributed by atoms with E-state index in [0.29, 0.717) is 11.4 Å². The van der Waals surface area contributed by atoms with E-state index in [9.17, 15) is 4.39 Å². The molecule has 100 valence electrons. The summed E-state index contributed by atoms with van der Waals surface area (Å²) in [6.45, 7) is 2.07. The van der Waals surface area contributed by atoms with Gasteiger partial charge in [0.25, 0.3) is 0 Å². The lowest BCUT2D eigenvalue weighted by molar-refractivity contribution is 0.618. The molecule has 1 nitrogen and oxygen atoms in total. The highest BCUT2D eigenvalue weighted by atomic mass is 35.5. The van der Waals surface area contributed by atoms with Crippen molar-refractivity contribution in [3.63, 3.8) is 0 Å². The lowest BCUT2D eigenvalue weighted by atomic mass is 9.97. The molecule has 19 heavy (non-hydrogen) atoms. The molecule has 0 spiro atoms. The molecule has 2 aromatic carbocycles.